The Morgan fingerprint density at radius 3 is 2.69 bits per heavy atom. The van der Waals surface area contributed by atoms with E-state index in [0.29, 0.717) is 50.8 Å². The predicted molar refractivity (Wildman–Crippen MR) is 97.7 cm³/mol. The van der Waals surface area contributed by atoms with Crippen LogP contribution < -0.4 is 4.90 Å². The Balaban J connectivity index is 1.68. The maximum Gasteiger partial charge on any atom is 0.324 e. The first-order valence-corrected chi connectivity index (χ1v) is 8.48. The molecule has 2 aliphatic rings. The number of hydrogen-bond acceptors (Lipinski definition) is 5. The van der Waals surface area contributed by atoms with Gasteiger partial charge < -0.3 is 14.5 Å². The van der Waals surface area contributed by atoms with Crippen molar-refractivity contribution in [3.05, 3.63) is 48.3 Å². The Hall–Kier alpha value is -2.90. The van der Waals surface area contributed by atoms with Gasteiger partial charge in [0.05, 0.1) is 12.7 Å². The van der Waals surface area contributed by atoms with Gasteiger partial charge in [-0.2, -0.15) is 0 Å². The van der Waals surface area contributed by atoms with E-state index in [1.165, 1.54) is 12.3 Å². The predicted octanol–water partition coefficient (Wildman–Crippen LogP) is 1.89. The zero-order chi connectivity index (χ0) is 18.5. The largest absolute Gasteiger partial charge is 0.489 e. The number of aliphatic imine (C=N–C) groups is 1. The summed E-state index contributed by atoms with van der Waals surface area (Å²) in [6, 6.07) is 2.98. The number of hydrogen-bond donors (Lipinski definition) is 0. The van der Waals surface area contributed by atoms with Crippen LogP contribution in [0.5, 0.6) is 0 Å². The van der Waals surface area contributed by atoms with E-state index in [-0.39, 0.29) is 11.8 Å². The van der Waals surface area contributed by atoms with Crippen LogP contribution >= 0.6 is 0 Å². The summed E-state index contributed by atoms with van der Waals surface area (Å²) in [5.41, 5.74) is 0.626. The summed E-state index contributed by atoms with van der Waals surface area (Å²) in [5, 5.41) is 0. The fourth-order valence-electron chi connectivity index (χ4n) is 3.04. The van der Waals surface area contributed by atoms with Crippen LogP contribution in [0.2, 0.25) is 0 Å². The third-order valence-electron chi connectivity index (χ3n) is 4.37. The number of nitrogens with zero attached hydrogens (tertiary/aromatic N) is 5. The molecule has 0 bridgehead atoms. The summed E-state index contributed by atoms with van der Waals surface area (Å²) in [7, 11) is 1.65. The van der Waals surface area contributed by atoms with Gasteiger partial charge in [-0.25, -0.2) is 14.2 Å². The highest BCUT2D eigenvalue weighted by atomic mass is 19.1. The number of allylic oxidation sites excluding steroid dienone is 2. The Labute approximate surface area is 152 Å². The second-order valence-corrected chi connectivity index (χ2v) is 5.93. The van der Waals surface area contributed by atoms with Crippen LogP contribution in [0, 0.1) is 5.82 Å². The molecule has 0 unspecified atom stereocenters. The molecule has 1 aromatic heterocycles. The van der Waals surface area contributed by atoms with Crippen LogP contribution in [-0.2, 0) is 4.74 Å². The summed E-state index contributed by atoms with van der Waals surface area (Å²) in [4.78, 5) is 26.6. The van der Waals surface area contributed by atoms with E-state index in [4.69, 9.17) is 4.74 Å². The molecule has 3 heterocycles. The number of pyridine rings is 1. The van der Waals surface area contributed by atoms with Crippen molar-refractivity contribution in [3.63, 3.8) is 0 Å². The second kappa shape index (κ2) is 7.99. The maximum atomic E-state index is 13.0. The van der Waals surface area contributed by atoms with Crippen LogP contribution in [0.25, 0.3) is 0 Å². The van der Waals surface area contributed by atoms with Crippen molar-refractivity contribution < 1.29 is 13.9 Å². The summed E-state index contributed by atoms with van der Waals surface area (Å²) >= 11 is 0. The van der Waals surface area contributed by atoms with Gasteiger partial charge in [-0.3, -0.25) is 9.89 Å². The Morgan fingerprint density at radius 1 is 1.31 bits per heavy atom. The van der Waals surface area contributed by atoms with Crippen LogP contribution in [-0.4, -0.2) is 73.4 Å². The van der Waals surface area contributed by atoms with Crippen molar-refractivity contribution in [3.8, 4) is 0 Å². The zero-order valence-corrected chi connectivity index (χ0v) is 14.8. The van der Waals surface area contributed by atoms with E-state index >= 15 is 0 Å². The SMILES string of the molecule is C=CC1=C(C=NC)N(C(=O)N2CCN(c3ccc(F)cn3)CC2)CCO1. The Morgan fingerprint density at radius 2 is 2.08 bits per heavy atom. The van der Waals surface area contributed by atoms with Gasteiger partial charge in [-0.1, -0.05) is 6.58 Å². The van der Waals surface area contributed by atoms with Crippen molar-refractivity contribution in [2.24, 2.45) is 4.99 Å². The van der Waals surface area contributed by atoms with Gasteiger partial charge in [0.25, 0.3) is 0 Å². The molecule has 3 rings (SSSR count). The third-order valence-corrected chi connectivity index (χ3v) is 4.37. The van der Waals surface area contributed by atoms with Crippen molar-refractivity contribution in [2.45, 2.75) is 0 Å². The number of urea groups is 1. The number of ether oxygens (including phenoxy) is 1. The van der Waals surface area contributed by atoms with Crippen molar-refractivity contribution in [2.75, 3.05) is 51.3 Å². The number of carbonyl (C=O) groups excluding carboxylic acids is 1. The lowest BCUT2D eigenvalue weighted by molar-refractivity contribution is 0.124. The molecule has 138 valence electrons. The van der Waals surface area contributed by atoms with E-state index in [1.54, 1.807) is 35.2 Å². The lowest BCUT2D eigenvalue weighted by atomic mass is 10.2. The Kier molecular flexibility index (Phi) is 5.50. The van der Waals surface area contributed by atoms with Crippen LogP contribution in [0.3, 0.4) is 0 Å². The number of carbonyl (C=O) groups is 1. The van der Waals surface area contributed by atoms with Crippen molar-refractivity contribution in [1.29, 1.82) is 0 Å². The molecule has 1 saturated heterocycles. The molecule has 0 aliphatic carbocycles. The van der Waals surface area contributed by atoms with Crippen molar-refractivity contribution >= 4 is 18.1 Å². The molecule has 0 atom stereocenters. The third kappa shape index (κ3) is 3.68. The van der Waals surface area contributed by atoms with Gasteiger partial charge in [-0.15, -0.1) is 0 Å². The van der Waals surface area contributed by atoms with Gasteiger partial charge in [0.2, 0.25) is 0 Å². The first-order chi connectivity index (χ1) is 12.6. The summed E-state index contributed by atoms with van der Waals surface area (Å²) in [6.45, 7) is 7.05. The Bertz CT molecular complexity index is 724. The quantitative estimate of drug-likeness (QED) is 0.774. The lowest BCUT2D eigenvalue weighted by Crippen LogP contribution is -2.54. The molecule has 0 N–H and O–H groups in total. The molecule has 2 aliphatic heterocycles. The van der Waals surface area contributed by atoms with Crippen molar-refractivity contribution in [1.82, 2.24) is 14.8 Å². The van der Waals surface area contributed by atoms with Gasteiger partial charge in [0.15, 0.2) is 0 Å². The molecular weight excluding hydrogens is 337 g/mol. The average Bonchev–Trinajstić information content (AvgIpc) is 2.68. The molecular formula is C18H22FN5O2. The number of halogens is 1. The molecule has 0 aromatic carbocycles. The van der Waals surface area contributed by atoms with E-state index in [2.05, 4.69) is 16.6 Å². The minimum absolute atomic E-state index is 0.0748. The highest BCUT2D eigenvalue weighted by molar-refractivity contribution is 5.88. The molecule has 2 amide bonds. The second-order valence-electron chi connectivity index (χ2n) is 5.93. The smallest absolute Gasteiger partial charge is 0.324 e. The summed E-state index contributed by atoms with van der Waals surface area (Å²) < 4.78 is 18.6. The van der Waals surface area contributed by atoms with Gasteiger partial charge in [0.1, 0.15) is 29.7 Å². The number of rotatable bonds is 3. The molecule has 8 heteroatoms. The number of piperazine rings is 1. The molecule has 0 spiro atoms. The van der Waals surface area contributed by atoms with Gasteiger partial charge >= 0.3 is 6.03 Å². The van der Waals surface area contributed by atoms with E-state index < -0.39 is 0 Å². The highest BCUT2D eigenvalue weighted by Crippen LogP contribution is 2.20. The maximum absolute atomic E-state index is 13.0. The fourth-order valence-corrected chi connectivity index (χ4v) is 3.04. The van der Waals surface area contributed by atoms with E-state index in [0.717, 1.165) is 5.82 Å². The first kappa shape index (κ1) is 17.9. The molecule has 26 heavy (non-hydrogen) atoms. The summed E-state index contributed by atoms with van der Waals surface area (Å²) in [5.74, 6) is 0.923. The van der Waals surface area contributed by atoms with E-state index in [1.807, 2.05) is 4.90 Å². The number of anilines is 1. The minimum Gasteiger partial charge on any atom is -0.489 e. The number of aromatic nitrogens is 1. The van der Waals surface area contributed by atoms with Crippen LogP contribution in [0.15, 0.2) is 47.4 Å². The topological polar surface area (TPSA) is 61.3 Å². The molecule has 1 aromatic rings. The average molecular weight is 359 g/mol. The normalized spacial score (nSPS) is 18.3. The zero-order valence-electron chi connectivity index (χ0n) is 14.8. The molecule has 7 nitrogen and oxygen atoms in total. The van der Waals surface area contributed by atoms with Crippen LogP contribution in [0.4, 0.5) is 15.0 Å². The van der Waals surface area contributed by atoms with Gasteiger partial charge in [-0.05, 0) is 18.2 Å². The number of amides is 2. The highest BCUT2D eigenvalue weighted by Gasteiger charge is 2.30. The van der Waals surface area contributed by atoms with Crippen LogP contribution in [0.1, 0.15) is 0 Å². The first-order valence-electron chi connectivity index (χ1n) is 8.48. The molecule has 0 radical (unpaired) electrons. The summed E-state index contributed by atoms with van der Waals surface area (Å²) in [6.07, 6.45) is 4.42. The lowest BCUT2D eigenvalue weighted by Gasteiger charge is -2.39. The van der Waals surface area contributed by atoms with E-state index in [9.17, 15) is 9.18 Å². The molecule has 0 saturated carbocycles. The minimum atomic E-state index is -0.357. The van der Waals surface area contributed by atoms with Gasteiger partial charge in [0, 0.05) is 39.4 Å². The fraction of sp³-hybridized carbons (Fsp3) is 0.389. The molecule has 1 fully saturated rings. The monoisotopic (exact) mass is 359 g/mol. The standard InChI is InChI=1S/C18H22FN5O2/c1-3-16-15(13-20-2)24(10-11-26-16)18(25)23-8-6-22(7-9-23)17-5-4-14(19)12-21-17/h3-5,12-13H,1,6-11H2,2H3.